The first-order valence-electron chi connectivity index (χ1n) is 4.95. The molecule has 0 amide bonds. The first kappa shape index (κ1) is 9.42. The van der Waals surface area contributed by atoms with Crippen molar-refractivity contribution in [3.63, 3.8) is 0 Å². The van der Waals surface area contributed by atoms with E-state index in [1.807, 2.05) is 37.0 Å². The highest BCUT2D eigenvalue weighted by Crippen LogP contribution is 2.23. The molecule has 3 rings (SSSR count). The Labute approximate surface area is 96.8 Å². The molecule has 3 nitrogen and oxygen atoms in total. The van der Waals surface area contributed by atoms with Gasteiger partial charge in [-0.3, -0.25) is 0 Å². The zero-order valence-electron chi connectivity index (χ0n) is 8.71. The first-order chi connectivity index (χ1) is 7.83. The van der Waals surface area contributed by atoms with Crippen LogP contribution in [0.25, 0.3) is 21.6 Å². The molecule has 16 heavy (non-hydrogen) atoms. The minimum Gasteiger partial charge on any atom is -0.245 e. The molecule has 1 aromatic carbocycles. The molecule has 0 unspecified atom stereocenters. The molecule has 0 aliphatic heterocycles. The molecule has 2 heterocycles. The minimum absolute atomic E-state index is 0.765. The summed E-state index contributed by atoms with van der Waals surface area (Å²) in [5, 5.41) is 0. The molecular formula is C12H9N3S. The Morgan fingerprint density at radius 2 is 1.88 bits per heavy atom. The van der Waals surface area contributed by atoms with Crippen LogP contribution in [0.3, 0.4) is 0 Å². The third-order valence-electron chi connectivity index (χ3n) is 2.37. The van der Waals surface area contributed by atoms with E-state index in [-0.39, 0.29) is 0 Å². The van der Waals surface area contributed by atoms with E-state index in [1.54, 1.807) is 11.3 Å². The molecule has 0 N–H and O–H groups in total. The Kier molecular flexibility index (Phi) is 2.15. The van der Waals surface area contributed by atoms with Gasteiger partial charge in [0.2, 0.25) is 0 Å². The predicted octanol–water partition coefficient (Wildman–Crippen LogP) is 3.06. The summed E-state index contributed by atoms with van der Waals surface area (Å²) in [6.07, 6.45) is 3.67. The summed E-state index contributed by atoms with van der Waals surface area (Å²) in [5.41, 5.74) is 4.99. The number of aromatic nitrogens is 3. The fourth-order valence-electron chi connectivity index (χ4n) is 1.54. The third kappa shape index (κ3) is 1.57. The summed E-state index contributed by atoms with van der Waals surface area (Å²) in [4.78, 5) is 12.9. The average Bonchev–Trinajstić information content (AvgIpc) is 2.77. The lowest BCUT2D eigenvalue weighted by Crippen LogP contribution is -1.88. The topological polar surface area (TPSA) is 38.7 Å². The van der Waals surface area contributed by atoms with Crippen LogP contribution in [0.1, 0.15) is 5.56 Å². The largest absolute Gasteiger partial charge is 0.245 e. The summed E-state index contributed by atoms with van der Waals surface area (Å²) >= 11 is 1.63. The Bertz CT molecular complexity index is 628. The Morgan fingerprint density at radius 1 is 1.06 bits per heavy atom. The molecule has 0 atom stereocenters. The maximum absolute atomic E-state index is 4.31. The predicted molar refractivity (Wildman–Crippen MR) is 65.4 cm³/mol. The number of benzene rings is 1. The van der Waals surface area contributed by atoms with Gasteiger partial charge in [0.05, 0.1) is 15.7 Å². The molecule has 4 heteroatoms. The van der Waals surface area contributed by atoms with Crippen LogP contribution in [0.2, 0.25) is 0 Å². The van der Waals surface area contributed by atoms with Crippen molar-refractivity contribution in [1.82, 2.24) is 15.0 Å². The van der Waals surface area contributed by atoms with E-state index in [2.05, 4.69) is 21.0 Å². The average molecular weight is 227 g/mol. The van der Waals surface area contributed by atoms with Gasteiger partial charge in [-0.25, -0.2) is 15.0 Å². The van der Waals surface area contributed by atoms with Gasteiger partial charge in [0.1, 0.15) is 0 Å². The Balaban J connectivity index is 2.14. The Morgan fingerprint density at radius 3 is 2.69 bits per heavy atom. The van der Waals surface area contributed by atoms with Crippen molar-refractivity contribution in [2.24, 2.45) is 0 Å². The number of hydrogen-bond donors (Lipinski definition) is 0. The molecule has 2 aromatic heterocycles. The van der Waals surface area contributed by atoms with Gasteiger partial charge in [-0.1, -0.05) is 0 Å². The molecule has 0 spiro atoms. The van der Waals surface area contributed by atoms with Crippen molar-refractivity contribution in [1.29, 1.82) is 0 Å². The summed E-state index contributed by atoms with van der Waals surface area (Å²) in [5.74, 6) is 0.765. The van der Waals surface area contributed by atoms with Crippen LogP contribution in [0.4, 0.5) is 0 Å². The molecular weight excluding hydrogens is 218 g/mol. The molecule has 78 valence electrons. The van der Waals surface area contributed by atoms with Gasteiger partial charge in [0, 0.05) is 18.0 Å². The molecule has 0 radical (unpaired) electrons. The van der Waals surface area contributed by atoms with Gasteiger partial charge in [0.15, 0.2) is 5.82 Å². The van der Waals surface area contributed by atoms with Crippen molar-refractivity contribution in [3.05, 3.63) is 41.7 Å². The van der Waals surface area contributed by atoms with Crippen LogP contribution in [0.15, 0.2) is 36.1 Å². The van der Waals surface area contributed by atoms with Gasteiger partial charge < -0.3 is 0 Å². The number of fused-ring (bicyclic) bond motifs is 1. The van der Waals surface area contributed by atoms with E-state index < -0.39 is 0 Å². The number of nitrogens with zero attached hydrogens (tertiary/aromatic N) is 3. The molecule has 0 fully saturated rings. The van der Waals surface area contributed by atoms with Crippen molar-refractivity contribution < 1.29 is 0 Å². The van der Waals surface area contributed by atoms with E-state index in [1.165, 1.54) is 4.70 Å². The van der Waals surface area contributed by atoms with E-state index in [0.29, 0.717) is 0 Å². The van der Waals surface area contributed by atoms with E-state index in [9.17, 15) is 0 Å². The van der Waals surface area contributed by atoms with E-state index in [0.717, 1.165) is 22.5 Å². The molecule has 3 aromatic rings. The highest BCUT2D eigenvalue weighted by Gasteiger charge is 2.03. The van der Waals surface area contributed by atoms with Crippen LogP contribution in [0.5, 0.6) is 0 Å². The van der Waals surface area contributed by atoms with Crippen LogP contribution >= 0.6 is 11.3 Å². The van der Waals surface area contributed by atoms with Gasteiger partial charge in [-0.2, -0.15) is 0 Å². The summed E-state index contributed by atoms with van der Waals surface area (Å²) in [6.45, 7) is 1.98. The quantitative estimate of drug-likeness (QED) is 0.641. The second kappa shape index (κ2) is 3.64. The number of hydrogen-bond acceptors (Lipinski definition) is 4. The zero-order chi connectivity index (χ0) is 11.0. The smallest absolute Gasteiger partial charge is 0.159 e. The summed E-state index contributed by atoms with van der Waals surface area (Å²) in [6, 6.07) is 6.09. The lowest BCUT2D eigenvalue weighted by atomic mass is 10.2. The van der Waals surface area contributed by atoms with Gasteiger partial charge in [-0.05, 0) is 30.7 Å². The monoisotopic (exact) mass is 227 g/mol. The SMILES string of the molecule is Cc1cnc(-c2ccc3ncsc3c2)nc1. The maximum Gasteiger partial charge on any atom is 0.159 e. The van der Waals surface area contributed by atoms with E-state index >= 15 is 0 Å². The molecule has 0 aliphatic rings. The second-order valence-corrected chi connectivity index (χ2v) is 4.51. The summed E-state index contributed by atoms with van der Waals surface area (Å²) < 4.78 is 1.17. The molecule has 0 saturated heterocycles. The number of thiazole rings is 1. The number of rotatable bonds is 1. The van der Waals surface area contributed by atoms with Crippen LogP contribution < -0.4 is 0 Å². The molecule has 0 aliphatic carbocycles. The number of aryl methyl sites for hydroxylation is 1. The van der Waals surface area contributed by atoms with Crippen LogP contribution in [0, 0.1) is 6.92 Å². The van der Waals surface area contributed by atoms with Crippen molar-refractivity contribution in [2.75, 3.05) is 0 Å². The molecule has 0 bridgehead atoms. The van der Waals surface area contributed by atoms with Crippen molar-refractivity contribution in [3.8, 4) is 11.4 Å². The van der Waals surface area contributed by atoms with Gasteiger partial charge in [-0.15, -0.1) is 11.3 Å². The molecule has 0 saturated carbocycles. The minimum atomic E-state index is 0.765. The second-order valence-electron chi connectivity index (χ2n) is 3.62. The van der Waals surface area contributed by atoms with Crippen LogP contribution in [-0.2, 0) is 0 Å². The fraction of sp³-hybridized carbons (Fsp3) is 0.0833. The highest BCUT2D eigenvalue weighted by molar-refractivity contribution is 7.16. The summed E-state index contributed by atoms with van der Waals surface area (Å²) in [7, 11) is 0. The van der Waals surface area contributed by atoms with Gasteiger partial charge in [0.25, 0.3) is 0 Å². The third-order valence-corrected chi connectivity index (χ3v) is 3.16. The highest BCUT2D eigenvalue weighted by atomic mass is 32.1. The Hall–Kier alpha value is -1.81. The van der Waals surface area contributed by atoms with E-state index in [4.69, 9.17) is 0 Å². The van der Waals surface area contributed by atoms with Crippen LogP contribution in [-0.4, -0.2) is 15.0 Å². The fourth-order valence-corrected chi connectivity index (χ4v) is 2.25. The van der Waals surface area contributed by atoms with Crippen molar-refractivity contribution in [2.45, 2.75) is 6.92 Å². The lowest BCUT2D eigenvalue weighted by molar-refractivity contribution is 1.14. The lowest BCUT2D eigenvalue weighted by Gasteiger charge is -1.99. The zero-order valence-corrected chi connectivity index (χ0v) is 9.53. The maximum atomic E-state index is 4.31. The van der Waals surface area contributed by atoms with Crippen molar-refractivity contribution >= 4 is 21.6 Å². The first-order valence-corrected chi connectivity index (χ1v) is 5.83. The standard InChI is InChI=1S/C12H9N3S/c1-8-5-13-12(14-6-8)9-2-3-10-11(4-9)16-7-15-10/h2-7H,1H3. The normalized spacial score (nSPS) is 10.8. The van der Waals surface area contributed by atoms with Gasteiger partial charge >= 0.3 is 0 Å².